The Bertz CT molecular complexity index is 616. The van der Waals surface area contributed by atoms with Crippen molar-refractivity contribution in [2.24, 2.45) is 4.99 Å². The SMILES string of the molecule is CN=C(NCc1ccn[nH]1)NCc1ccc(OC)cc1OC.I. The fourth-order valence-corrected chi connectivity index (χ4v) is 1.96. The van der Waals surface area contributed by atoms with Crippen molar-refractivity contribution in [3.63, 3.8) is 0 Å². The number of hydrogen-bond donors (Lipinski definition) is 3. The molecule has 2 aromatic rings. The molecular weight excluding hydrogens is 409 g/mol. The summed E-state index contributed by atoms with van der Waals surface area (Å²) in [5.41, 5.74) is 2.01. The van der Waals surface area contributed by atoms with Crippen LogP contribution in [0.15, 0.2) is 35.5 Å². The van der Waals surface area contributed by atoms with Gasteiger partial charge in [-0.2, -0.15) is 5.10 Å². The molecule has 0 unspecified atom stereocenters. The van der Waals surface area contributed by atoms with Crippen LogP contribution in [0.25, 0.3) is 0 Å². The number of hydrogen-bond acceptors (Lipinski definition) is 4. The van der Waals surface area contributed by atoms with E-state index in [1.165, 1.54) is 0 Å². The second-order valence-electron chi connectivity index (χ2n) is 4.54. The van der Waals surface area contributed by atoms with Crippen molar-refractivity contribution in [2.75, 3.05) is 21.3 Å². The van der Waals surface area contributed by atoms with E-state index >= 15 is 0 Å². The molecule has 0 fully saturated rings. The Morgan fingerprint density at radius 2 is 1.96 bits per heavy atom. The van der Waals surface area contributed by atoms with Gasteiger partial charge in [0, 0.05) is 31.4 Å². The summed E-state index contributed by atoms with van der Waals surface area (Å²) >= 11 is 0. The van der Waals surface area contributed by atoms with Gasteiger partial charge in [-0.05, 0) is 18.2 Å². The van der Waals surface area contributed by atoms with Gasteiger partial charge in [-0.25, -0.2) is 0 Å². The Kier molecular flexibility index (Phi) is 8.23. The normalized spacial score (nSPS) is 10.7. The Labute approximate surface area is 152 Å². The average Bonchev–Trinajstić information content (AvgIpc) is 3.08. The van der Waals surface area contributed by atoms with Gasteiger partial charge in [0.25, 0.3) is 0 Å². The van der Waals surface area contributed by atoms with Crippen molar-refractivity contribution in [3.05, 3.63) is 41.7 Å². The fourth-order valence-electron chi connectivity index (χ4n) is 1.96. The van der Waals surface area contributed by atoms with Crippen molar-refractivity contribution in [2.45, 2.75) is 13.1 Å². The molecule has 0 bridgehead atoms. The van der Waals surface area contributed by atoms with Crippen LogP contribution in [0.2, 0.25) is 0 Å². The van der Waals surface area contributed by atoms with Gasteiger partial charge < -0.3 is 20.1 Å². The maximum Gasteiger partial charge on any atom is 0.191 e. The zero-order chi connectivity index (χ0) is 15.8. The van der Waals surface area contributed by atoms with Crippen LogP contribution in [0.4, 0.5) is 0 Å². The molecule has 1 aromatic carbocycles. The highest BCUT2D eigenvalue weighted by Gasteiger charge is 2.06. The van der Waals surface area contributed by atoms with Crippen LogP contribution in [0.3, 0.4) is 0 Å². The smallest absolute Gasteiger partial charge is 0.191 e. The van der Waals surface area contributed by atoms with Gasteiger partial charge in [0.05, 0.1) is 26.5 Å². The molecule has 0 aliphatic carbocycles. The van der Waals surface area contributed by atoms with E-state index in [0.29, 0.717) is 19.0 Å². The number of aromatic nitrogens is 2. The van der Waals surface area contributed by atoms with Gasteiger partial charge in [-0.3, -0.25) is 10.1 Å². The summed E-state index contributed by atoms with van der Waals surface area (Å²) in [6.07, 6.45) is 1.72. The molecule has 0 saturated carbocycles. The first-order chi connectivity index (χ1) is 10.8. The van der Waals surface area contributed by atoms with E-state index in [-0.39, 0.29) is 24.0 Å². The summed E-state index contributed by atoms with van der Waals surface area (Å²) in [7, 11) is 5.01. The van der Waals surface area contributed by atoms with Crippen molar-refractivity contribution in [3.8, 4) is 11.5 Å². The van der Waals surface area contributed by atoms with Crippen molar-refractivity contribution in [1.82, 2.24) is 20.8 Å². The average molecular weight is 431 g/mol. The number of aliphatic imine (C=N–C) groups is 1. The third-order valence-corrected chi connectivity index (χ3v) is 3.17. The molecule has 3 N–H and O–H groups in total. The number of guanidine groups is 1. The van der Waals surface area contributed by atoms with E-state index in [2.05, 4.69) is 25.8 Å². The molecule has 2 rings (SSSR count). The number of nitrogens with zero attached hydrogens (tertiary/aromatic N) is 2. The lowest BCUT2D eigenvalue weighted by atomic mass is 10.2. The van der Waals surface area contributed by atoms with Gasteiger partial charge >= 0.3 is 0 Å². The summed E-state index contributed by atoms with van der Waals surface area (Å²) in [5, 5.41) is 13.2. The third-order valence-electron chi connectivity index (χ3n) is 3.17. The molecule has 0 amide bonds. The van der Waals surface area contributed by atoms with Crippen LogP contribution in [-0.2, 0) is 13.1 Å². The van der Waals surface area contributed by atoms with Crippen LogP contribution in [0.5, 0.6) is 11.5 Å². The molecule has 0 aliphatic rings. The summed E-state index contributed by atoms with van der Waals surface area (Å²) in [4.78, 5) is 4.19. The predicted octanol–water partition coefficient (Wildman–Crippen LogP) is 1.91. The van der Waals surface area contributed by atoms with E-state index in [9.17, 15) is 0 Å². The van der Waals surface area contributed by atoms with E-state index in [1.54, 1.807) is 27.5 Å². The highest BCUT2D eigenvalue weighted by molar-refractivity contribution is 14.0. The molecule has 7 nitrogen and oxygen atoms in total. The number of halogens is 1. The molecule has 126 valence electrons. The van der Waals surface area contributed by atoms with Crippen LogP contribution in [-0.4, -0.2) is 37.4 Å². The molecule has 1 aromatic heterocycles. The minimum Gasteiger partial charge on any atom is -0.497 e. The number of rotatable bonds is 6. The Morgan fingerprint density at radius 1 is 1.17 bits per heavy atom. The predicted molar refractivity (Wildman–Crippen MR) is 101 cm³/mol. The van der Waals surface area contributed by atoms with E-state index in [0.717, 1.165) is 22.8 Å². The van der Waals surface area contributed by atoms with Gasteiger partial charge in [-0.15, -0.1) is 24.0 Å². The zero-order valence-corrected chi connectivity index (χ0v) is 15.8. The van der Waals surface area contributed by atoms with Crippen molar-refractivity contribution >= 4 is 29.9 Å². The molecular formula is C15H22IN5O2. The monoisotopic (exact) mass is 431 g/mol. The molecule has 1 heterocycles. The molecule has 0 spiro atoms. The minimum atomic E-state index is 0. The zero-order valence-electron chi connectivity index (χ0n) is 13.4. The maximum atomic E-state index is 5.38. The number of benzene rings is 1. The highest BCUT2D eigenvalue weighted by atomic mass is 127. The topological polar surface area (TPSA) is 83.6 Å². The number of aromatic amines is 1. The Morgan fingerprint density at radius 3 is 2.57 bits per heavy atom. The standard InChI is InChI=1S/C15H21N5O2.HI/c1-16-15(18-10-12-6-7-19-20-12)17-9-11-4-5-13(21-2)8-14(11)22-3;/h4-8H,9-10H2,1-3H3,(H,19,20)(H2,16,17,18);1H. The number of H-pyrrole nitrogens is 1. The van der Waals surface area contributed by atoms with Gasteiger partial charge in [0.1, 0.15) is 11.5 Å². The summed E-state index contributed by atoms with van der Waals surface area (Å²) < 4.78 is 10.6. The van der Waals surface area contributed by atoms with Gasteiger partial charge in [0.15, 0.2) is 5.96 Å². The molecule has 8 heteroatoms. The van der Waals surface area contributed by atoms with E-state index < -0.39 is 0 Å². The molecule has 0 atom stereocenters. The largest absolute Gasteiger partial charge is 0.497 e. The lowest BCUT2D eigenvalue weighted by Crippen LogP contribution is -2.36. The molecule has 0 aliphatic heterocycles. The lowest BCUT2D eigenvalue weighted by Gasteiger charge is -2.14. The van der Waals surface area contributed by atoms with Crippen LogP contribution >= 0.6 is 24.0 Å². The Balaban J connectivity index is 0.00000264. The van der Waals surface area contributed by atoms with E-state index in [1.807, 2.05) is 24.3 Å². The Hall–Kier alpha value is -1.97. The summed E-state index contributed by atoms with van der Waals surface area (Å²) in [5.74, 6) is 2.24. The van der Waals surface area contributed by atoms with Crippen molar-refractivity contribution in [1.29, 1.82) is 0 Å². The summed E-state index contributed by atoms with van der Waals surface area (Å²) in [6, 6.07) is 7.64. The quantitative estimate of drug-likeness (QED) is 0.370. The van der Waals surface area contributed by atoms with Gasteiger partial charge in [-0.1, -0.05) is 0 Å². The maximum absolute atomic E-state index is 5.38. The minimum absolute atomic E-state index is 0. The molecule has 0 saturated heterocycles. The molecule has 23 heavy (non-hydrogen) atoms. The second kappa shape index (κ2) is 9.93. The van der Waals surface area contributed by atoms with Crippen LogP contribution in [0, 0.1) is 0 Å². The van der Waals surface area contributed by atoms with Crippen LogP contribution < -0.4 is 20.1 Å². The van der Waals surface area contributed by atoms with E-state index in [4.69, 9.17) is 9.47 Å². The first-order valence-electron chi connectivity index (χ1n) is 6.90. The number of methoxy groups -OCH3 is 2. The molecule has 0 radical (unpaired) electrons. The fraction of sp³-hybridized carbons (Fsp3) is 0.333. The van der Waals surface area contributed by atoms with Crippen molar-refractivity contribution < 1.29 is 9.47 Å². The summed E-state index contributed by atoms with van der Waals surface area (Å²) in [6.45, 7) is 1.22. The number of nitrogens with one attached hydrogen (secondary N) is 3. The van der Waals surface area contributed by atoms with Crippen LogP contribution in [0.1, 0.15) is 11.3 Å². The first kappa shape index (κ1) is 19.1. The highest BCUT2D eigenvalue weighted by Crippen LogP contribution is 2.24. The third kappa shape index (κ3) is 5.62. The van der Waals surface area contributed by atoms with Gasteiger partial charge in [0.2, 0.25) is 0 Å². The lowest BCUT2D eigenvalue weighted by molar-refractivity contribution is 0.390. The second-order valence-corrected chi connectivity index (χ2v) is 4.54. The number of ether oxygens (including phenoxy) is 2. The first-order valence-corrected chi connectivity index (χ1v) is 6.90.